The maximum Gasteiger partial charge on any atom is 0.123 e. The second-order valence-corrected chi connectivity index (χ2v) is 7.11. The van der Waals surface area contributed by atoms with Gasteiger partial charge in [0, 0.05) is 0 Å². The smallest absolute Gasteiger partial charge is 0.123 e. The molecule has 0 saturated carbocycles. The first-order chi connectivity index (χ1) is 12.3. The molecule has 26 heavy (non-hydrogen) atoms. The summed E-state index contributed by atoms with van der Waals surface area (Å²) in [7, 11) is 0. The predicted octanol–water partition coefficient (Wildman–Crippen LogP) is 6.08. The predicted molar refractivity (Wildman–Crippen MR) is 105 cm³/mol. The van der Waals surface area contributed by atoms with Crippen LogP contribution in [0.15, 0.2) is 60.7 Å². The Kier molecular flexibility index (Phi) is 9.52. The maximum atomic E-state index is 7.70. The fourth-order valence-corrected chi connectivity index (χ4v) is 2.19. The van der Waals surface area contributed by atoms with Crippen molar-refractivity contribution < 1.29 is 19.9 Å². The third kappa shape index (κ3) is 7.67. The molecule has 0 aromatic heterocycles. The van der Waals surface area contributed by atoms with Crippen LogP contribution >= 0.6 is 0 Å². The Bertz CT molecular complexity index is 539. The largest absolute Gasteiger partial charge is 0.252 e. The van der Waals surface area contributed by atoms with Crippen LogP contribution in [0.1, 0.15) is 58.6 Å². The normalized spacial score (nSPS) is 11.6. The minimum absolute atomic E-state index is 0.469. The van der Waals surface area contributed by atoms with Crippen molar-refractivity contribution in [2.75, 3.05) is 6.61 Å². The van der Waals surface area contributed by atoms with Gasteiger partial charge in [-0.25, -0.2) is 14.7 Å². The molecular formula is C22H32O4. The van der Waals surface area contributed by atoms with Crippen LogP contribution in [0.25, 0.3) is 0 Å². The second kappa shape index (κ2) is 11.1. The molecule has 144 valence electrons. The van der Waals surface area contributed by atoms with Gasteiger partial charge in [-0.2, -0.15) is 0 Å². The fourth-order valence-electron chi connectivity index (χ4n) is 2.19. The van der Waals surface area contributed by atoms with Crippen molar-refractivity contribution in [1.82, 2.24) is 0 Å². The molecule has 0 aliphatic heterocycles. The van der Waals surface area contributed by atoms with Gasteiger partial charge in [-0.1, -0.05) is 74.0 Å². The molecule has 0 aliphatic rings. The molecule has 0 unspecified atom stereocenters. The summed E-state index contributed by atoms with van der Waals surface area (Å²) in [5.74, 6) is 0. The van der Waals surface area contributed by atoms with Gasteiger partial charge in [0.15, 0.2) is 0 Å². The molecule has 0 fully saturated rings. The van der Waals surface area contributed by atoms with E-state index in [-0.39, 0.29) is 0 Å². The van der Waals surface area contributed by atoms with Crippen molar-refractivity contribution in [1.29, 1.82) is 0 Å². The van der Waals surface area contributed by atoms with Gasteiger partial charge < -0.3 is 0 Å². The SMILES string of the molecule is CC(C)(OOC(C)(C)c1ccccc1)c1ccccc1.CCCCOO. The van der Waals surface area contributed by atoms with Gasteiger partial charge in [0.1, 0.15) is 11.2 Å². The summed E-state index contributed by atoms with van der Waals surface area (Å²) in [6.45, 7) is 10.5. The summed E-state index contributed by atoms with van der Waals surface area (Å²) in [5, 5.41) is 7.70. The van der Waals surface area contributed by atoms with Crippen molar-refractivity contribution >= 4 is 0 Å². The van der Waals surface area contributed by atoms with E-state index < -0.39 is 11.2 Å². The highest BCUT2D eigenvalue weighted by molar-refractivity contribution is 5.22. The van der Waals surface area contributed by atoms with Gasteiger partial charge in [-0.3, -0.25) is 5.26 Å². The number of benzene rings is 2. The Balaban J connectivity index is 0.000000487. The fraction of sp³-hybridized carbons (Fsp3) is 0.455. The molecule has 0 bridgehead atoms. The van der Waals surface area contributed by atoms with Crippen LogP contribution in [-0.4, -0.2) is 11.9 Å². The van der Waals surface area contributed by atoms with Crippen LogP contribution in [0.3, 0.4) is 0 Å². The third-order valence-corrected chi connectivity index (χ3v) is 3.99. The molecule has 0 aliphatic carbocycles. The van der Waals surface area contributed by atoms with Gasteiger partial charge in [0.25, 0.3) is 0 Å². The Morgan fingerprint density at radius 1 is 0.731 bits per heavy atom. The highest BCUT2D eigenvalue weighted by Gasteiger charge is 2.29. The molecule has 0 heterocycles. The van der Waals surface area contributed by atoms with Crippen LogP contribution in [0.5, 0.6) is 0 Å². The van der Waals surface area contributed by atoms with E-state index in [0.29, 0.717) is 6.61 Å². The monoisotopic (exact) mass is 360 g/mol. The van der Waals surface area contributed by atoms with Crippen molar-refractivity contribution in [3.8, 4) is 0 Å². The number of hydrogen-bond donors (Lipinski definition) is 1. The quantitative estimate of drug-likeness (QED) is 0.352. The molecule has 4 heteroatoms. The Hall–Kier alpha value is -1.72. The molecule has 0 radical (unpaired) electrons. The van der Waals surface area contributed by atoms with E-state index in [9.17, 15) is 0 Å². The second-order valence-electron chi connectivity index (χ2n) is 7.11. The average molecular weight is 360 g/mol. The molecule has 2 aromatic carbocycles. The molecule has 0 saturated heterocycles. The van der Waals surface area contributed by atoms with Crippen molar-refractivity contribution in [3.63, 3.8) is 0 Å². The van der Waals surface area contributed by atoms with E-state index in [1.807, 2.05) is 95.3 Å². The molecule has 4 nitrogen and oxygen atoms in total. The lowest BCUT2D eigenvalue weighted by atomic mass is 9.98. The third-order valence-electron chi connectivity index (χ3n) is 3.99. The summed E-state index contributed by atoms with van der Waals surface area (Å²) in [6, 6.07) is 20.2. The molecule has 0 spiro atoms. The summed E-state index contributed by atoms with van der Waals surface area (Å²) in [5.41, 5.74) is 1.19. The highest BCUT2D eigenvalue weighted by Crippen LogP contribution is 2.31. The maximum absolute atomic E-state index is 7.70. The lowest BCUT2D eigenvalue weighted by molar-refractivity contribution is -0.410. The summed E-state index contributed by atoms with van der Waals surface area (Å²) in [6.07, 6.45) is 2.01. The lowest BCUT2D eigenvalue weighted by Crippen LogP contribution is -2.29. The topological polar surface area (TPSA) is 47.9 Å². The number of rotatable bonds is 8. The van der Waals surface area contributed by atoms with Gasteiger partial charge >= 0.3 is 0 Å². The van der Waals surface area contributed by atoms with Crippen molar-refractivity contribution in [2.24, 2.45) is 0 Å². The van der Waals surface area contributed by atoms with E-state index >= 15 is 0 Å². The lowest BCUT2D eigenvalue weighted by Gasteiger charge is -2.31. The van der Waals surface area contributed by atoms with Crippen molar-refractivity contribution in [2.45, 2.75) is 58.7 Å². The van der Waals surface area contributed by atoms with Crippen molar-refractivity contribution in [3.05, 3.63) is 71.8 Å². The minimum atomic E-state index is -0.493. The van der Waals surface area contributed by atoms with E-state index in [1.54, 1.807) is 0 Å². The molecular weight excluding hydrogens is 328 g/mol. The molecule has 2 rings (SSSR count). The van der Waals surface area contributed by atoms with E-state index in [0.717, 1.165) is 24.0 Å². The van der Waals surface area contributed by atoms with Crippen LogP contribution in [0.4, 0.5) is 0 Å². The Labute approximate surface area is 157 Å². The molecule has 2 aromatic rings. The van der Waals surface area contributed by atoms with Crippen LogP contribution in [0.2, 0.25) is 0 Å². The Morgan fingerprint density at radius 2 is 1.12 bits per heavy atom. The van der Waals surface area contributed by atoms with Gasteiger partial charge in [-0.15, -0.1) is 0 Å². The summed E-state index contributed by atoms with van der Waals surface area (Å²) >= 11 is 0. The molecule has 0 atom stereocenters. The number of hydrogen-bond acceptors (Lipinski definition) is 4. The first kappa shape index (κ1) is 22.3. The standard InChI is InChI=1S/C18H22O2.C4H10O2/c1-17(2,15-11-7-5-8-12-15)19-20-18(3,4)16-13-9-6-10-14-16;1-2-3-4-6-5/h5-14H,1-4H3;5H,2-4H2,1H3. The van der Waals surface area contributed by atoms with Gasteiger partial charge in [0.05, 0.1) is 6.61 Å². The summed E-state index contributed by atoms with van der Waals surface area (Å²) in [4.78, 5) is 15.3. The average Bonchev–Trinajstić information content (AvgIpc) is 2.67. The van der Waals surface area contributed by atoms with E-state index in [1.165, 1.54) is 0 Å². The molecule has 1 N–H and O–H groups in total. The first-order valence-electron chi connectivity index (χ1n) is 9.07. The molecule has 0 amide bonds. The highest BCUT2D eigenvalue weighted by atomic mass is 17.2. The summed E-state index contributed by atoms with van der Waals surface area (Å²) < 4.78 is 0. The first-order valence-corrected chi connectivity index (χ1v) is 9.07. The zero-order valence-corrected chi connectivity index (χ0v) is 16.6. The van der Waals surface area contributed by atoms with E-state index in [4.69, 9.17) is 15.0 Å². The van der Waals surface area contributed by atoms with Crippen LogP contribution in [0, 0.1) is 0 Å². The zero-order chi connectivity index (χ0) is 19.5. The Morgan fingerprint density at radius 3 is 1.38 bits per heavy atom. The van der Waals surface area contributed by atoms with Gasteiger partial charge in [-0.05, 0) is 45.2 Å². The minimum Gasteiger partial charge on any atom is -0.252 e. The number of unbranched alkanes of at least 4 members (excludes halogenated alkanes) is 1. The van der Waals surface area contributed by atoms with E-state index in [2.05, 4.69) is 4.89 Å². The van der Waals surface area contributed by atoms with Gasteiger partial charge in [0.2, 0.25) is 0 Å². The van der Waals surface area contributed by atoms with Crippen LogP contribution < -0.4 is 0 Å². The van der Waals surface area contributed by atoms with Crippen LogP contribution in [-0.2, 0) is 25.9 Å². The zero-order valence-electron chi connectivity index (χ0n) is 16.6.